The number of furan rings is 1. The zero-order chi connectivity index (χ0) is 19.8. The Morgan fingerprint density at radius 3 is 2.90 bits per heavy atom. The number of nitrogens with one attached hydrogen (secondary N) is 1. The number of hydrogen-bond donors (Lipinski definition) is 1. The highest BCUT2D eigenvalue weighted by Gasteiger charge is 2.15. The van der Waals surface area contributed by atoms with E-state index in [1.165, 1.54) is 11.8 Å². The third kappa shape index (κ3) is 3.19. The van der Waals surface area contributed by atoms with Crippen molar-refractivity contribution >= 4 is 50.8 Å². The van der Waals surface area contributed by atoms with Crippen LogP contribution in [0, 0.1) is 0 Å². The van der Waals surface area contributed by atoms with Crippen molar-refractivity contribution in [2.24, 2.45) is 0 Å². The summed E-state index contributed by atoms with van der Waals surface area (Å²) in [6.45, 7) is 0. The minimum atomic E-state index is -0.142. The molecular formula is C22H17N3O3S. The fourth-order valence-corrected chi connectivity index (χ4v) is 4.13. The van der Waals surface area contributed by atoms with Gasteiger partial charge in [0.1, 0.15) is 16.9 Å². The number of aromatic nitrogens is 2. The molecule has 0 bridgehead atoms. The van der Waals surface area contributed by atoms with Crippen molar-refractivity contribution in [3.05, 3.63) is 67.0 Å². The van der Waals surface area contributed by atoms with Crippen LogP contribution in [0.5, 0.6) is 5.75 Å². The van der Waals surface area contributed by atoms with E-state index in [-0.39, 0.29) is 11.7 Å². The number of ether oxygens (including phenoxy) is 1. The molecule has 5 rings (SSSR count). The molecule has 1 amide bonds. The molecule has 3 heterocycles. The van der Waals surface area contributed by atoms with Gasteiger partial charge in [-0.15, -0.1) is 0 Å². The molecule has 0 aliphatic rings. The molecule has 0 atom stereocenters. The van der Waals surface area contributed by atoms with Crippen molar-refractivity contribution in [3.8, 4) is 5.75 Å². The smallest absolute Gasteiger partial charge is 0.234 e. The lowest BCUT2D eigenvalue weighted by Crippen LogP contribution is -2.15. The van der Waals surface area contributed by atoms with Crippen LogP contribution in [-0.4, -0.2) is 28.2 Å². The molecule has 0 unspecified atom stereocenters. The maximum absolute atomic E-state index is 12.6. The van der Waals surface area contributed by atoms with Crippen molar-refractivity contribution in [2.75, 3.05) is 18.2 Å². The molecule has 0 saturated carbocycles. The number of nitrogens with zero attached hydrogens (tertiary/aromatic N) is 2. The SMILES string of the molecule is COc1cc2c(cc1NC(=O)CSc1ncc3ccccn13)oc1ccccc12. The van der Waals surface area contributed by atoms with Crippen LogP contribution in [0.15, 0.2) is 76.6 Å². The first kappa shape index (κ1) is 17.6. The van der Waals surface area contributed by atoms with E-state index in [1.54, 1.807) is 13.3 Å². The van der Waals surface area contributed by atoms with Crippen molar-refractivity contribution in [3.63, 3.8) is 0 Å². The number of fused-ring (bicyclic) bond motifs is 4. The number of imidazole rings is 1. The second kappa shape index (κ2) is 7.18. The molecule has 7 heteroatoms. The van der Waals surface area contributed by atoms with E-state index in [2.05, 4.69) is 10.3 Å². The summed E-state index contributed by atoms with van der Waals surface area (Å²) < 4.78 is 13.4. The summed E-state index contributed by atoms with van der Waals surface area (Å²) in [4.78, 5) is 16.9. The molecule has 3 aromatic heterocycles. The monoisotopic (exact) mass is 403 g/mol. The molecule has 2 aromatic carbocycles. The lowest BCUT2D eigenvalue weighted by atomic mass is 10.1. The number of benzene rings is 2. The van der Waals surface area contributed by atoms with Gasteiger partial charge in [-0.3, -0.25) is 9.20 Å². The number of hydrogen-bond acceptors (Lipinski definition) is 5. The van der Waals surface area contributed by atoms with Gasteiger partial charge < -0.3 is 14.5 Å². The van der Waals surface area contributed by atoms with Crippen molar-refractivity contribution < 1.29 is 13.9 Å². The van der Waals surface area contributed by atoms with Crippen molar-refractivity contribution in [2.45, 2.75) is 5.16 Å². The van der Waals surface area contributed by atoms with Gasteiger partial charge in [-0.25, -0.2) is 4.98 Å². The predicted molar refractivity (Wildman–Crippen MR) is 115 cm³/mol. The zero-order valence-electron chi connectivity index (χ0n) is 15.6. The summed E-state index contributed by atoms with van der Waals surface area (Å²) in [5, 5.41) is 5.67. The van der Waals surface area contributed by atoms with E-state index >= 15 is 0 Å². The van der Waals surface area contributed by atoms with Gasteiger partial charge in [-0.2, -0.15) is 0 Å². The minimum absolute atomic E-state index is 0.142. The minimum Gasteiger partial charge on any atom is -0.495 e. The summed E-state index contributed by atoms with van der Waals surface area (Å²) in [7, 11) is 1.59. The van der Waals surface area contributed by atoms with Gasteiger partial charge in [-0.1, -0.05) is 36.0 Å². The Hall–Kier alpha value is -3.45. The van der Waals surface area contributed by atoms with E-state index in [0.717, 1.165) is 27.0 Å². The van der Waals surface area contributed by atoms with Gasteiger partial charge in [0, 0.05) is 23.0 Å². The second-order valence-corrected chi connectivity index (χ2v) is 7.46. The average molecular weight is 403 g/mol. The highest BCUT2D eigenvalue weighted by molar-refractivity contribution is 7.99. The summed E-state index contributed by atoms with van der Waals surface area (Å²) in [6, 6.07) is 17.4. The first-order chi connectivity index (χ1) is 14.2. The largest absolute Gasteiger partial charge is 0.495 e. The fourth-order valence-electron chi connectivity index (χ4n) is 3.36. The molecule has 5 aromatic rings. The molecule has 0 aliphatic carbocycles. The van der Waals surface area contributed by atoms with Crippen molar-refractivity contribution in [1.29, 1.82) is 0 Å². The van der Waals surface area contributed by atoms with Crippen LogP contribution in [-0.2, 0) is 4.79 Å². The van der Waals surface area contributed by atoms with Gasteiger partial charge in [0.15, 0.2) is 5.16 Å². The van der Waals surface area contributed by atoms with Crippen LogP contribution < -0.4 is 10.1 Å². The second-order valence-electron chi connectivity index (χ2n) is 6.52. The highest BCUT2D eigenvalue weighted by Crippen LogP contribution is 2.36. The molecule has 0 spiro atoms. The number of pyridine rings is 1. The lowest BCUT2D eigenvalue weighted by Gasteiger charge is -2.10. The third-order valence-corrected chi connectivity index (χ3v) is 5.68. The predicted octanol–water partition coefficient (Wildman–Crippen LogP) is 4.97. The maximum Gasteiger partial charge on any atom is 0.234 e. The number of rotatable bonds is 5. The molecule has 29 heavy (non-hydrogen) atoms. The van der Waals surface area contributed by atoms with Crippen molar-refractivity contribution in [1.82, 2.24) is 9.38 Å². The van der Waals surface area contributed by atoms with Gasteiger partial charge in [0.05, 0.1) is 30.3 Å². The Morgan fingerprint density at radius 2 is 2.00 bits per heavy atom. The topological polar surface area (TPSA) is 68.8 Å². The number of amides is 1. The number of thioether (sulfide) groups is 1. The quantitative estimate of drug-likeness (QED) is 0.420. The number of methoxy groups -OCH3 is 1. The summed E-state index contributed by atoms with van der Waals surface area (Å²) >= 11 is 1.38. The molecule has 0 fully saturated rings. The normalized spacial score (nSPS) is 11.3. The van der Waals surface area contributed by atoms with Crippen LogP contribution in [0.4, 0.5) is 5.69 Å². The Morgan fingerprint density at radius 1 is 1.14 bits per heavy atom. The number of carbonyl (C=O) groups is 1. The average Bonchev–Trinajstić information content (AvgIpc) is 3.32. The molecule has 6 nitrogen and oxygen atoms in total. The summed E-state index contributed by atoms with van der Waals surface area (Å²) in [6.07, 6.45) is 3.72. The number of para-hydroxylation sites is 1. The Labute approximate surface area is 170 Å². The van der Waals surface area contributed by atoms with Crippen LogP contribution in [0.1, 0.15) is 0 Å². The Kier molecular flexibility index (Phi) is 4.37. The fraction of sp³-hybridized carbons (Fsp3) is 0.0909. The van der Waals surface area contributed by atoms with E-state index < -0.39 is 0 Å². The number of carbonyl (C=O) groups excluding carboxylic acids is 1. The molecule has 144 valence electrons. The molecule has 0 aliphatic heterocycles. The van der Waals surface area contributed by atoms with Crippen LogP contribution >= 0.6 is 11.8 Å². The molecule has 0 radical (unpaired) electrons. The van der Waals surface area contributed by atoms with Gasteiger partial charge in [-0.05, 0) is 24.3 Å². The van der Waals surface area contributed by atoms with Crippen LogP contribution in [0.2, 0.25) is 0 Å². The lowest BCUT2D eigenvalue weighted by molar-refractivity contribution is -0.113. The first-order valence-corrected chi connectivity index (χ1v) is 10.1. The third-order valence-electron chi connectivity index (χ3n) is 4.71. The highest BCUT2D eigenvalue weighted by atomic mass is 32.2. The molecule has 0 saturated heterocycles. The van der Waals surface area contributed by atoms with Crippen LogP contribution in [0.3, 0.4) is 0 Å². The Bertz CT molecular complexity index is 1360. The van der Waals surface area contributed by atoms with Crippen LogP contribution in [0.25, 0.3) is 27.5 Å². The van der Waals surface area contributed by atoms with E-state index in [0.29, 0.717) is 17.0 Å². The Balaban J connectivity index is 1.38. The zero-order valence-corrected chi connectivity index (χ0v) is 16.4. The first-order valence-electron chi connectivity index (χ1n) is 9.07. The number of anilines is 1. The van der Waals surface area contributed by atoms with Gasteiger partial charge in [0.25, 0.3) is 0 Å². The molecule has 1 N–H and O–H groups in total. The maximum atomic E-state index is 12.6. The van der Waals surface area contributed by atoms with E-state index in [1.807, 2.05) is 65.2 Å². The van der Waals surface area contributed by atoms with Gasteiger partial charge in [0.2, 0.25) is 5.91 Å². The van der Waals surface area contributed by atoms with E-state index in [4.69, 9.17) is 9.15 Å². The van der Waals surface area contributed by atoms with Gasteiger partial charge >= 0.3 is 0 Å². The molecular weight excluding hydrogens is 386 g/mol. The summed E-state index contributed by atoms with van der Waals surface area (Å²) in [5.41, 5.74) is 3.08. The standard InChI is InChI=1S/C22H17N3O3S/c1-27-20-10-16-15-7-2-3-8-18(15)28-19(16)11-17(20)24-21(26)13-29-22-23-12-14-6-4-5-9-25(14)22/h2-12H,13H2,1H3,(H,24,26). The van der Waals surface area contributed by atoms with E-state index in [9.17, 15) is 4.79 Å². The summed E-state index contributed by atoms with van der Waals surface area (Å²) in [5.74, 6) is 0.681.